The zero-order valence-corrected chi connectivity index (χ0v) is 9.88. The molecular weight excluding hydrogens is 252 g/mol. The van der Waals surface area contributed by atoms with Crippen molar-refractivity contribution in [2.24, 2.45) is 0 Å². The van der Waals surface area contributed by atoms with E-state index in [0.29, 0.717) is 6.54 Å². The van der Waals surface area contributed by atoms with Crippen LogP contribution >= 0.6 is 0 Å². The molecule has 0 spiro atoms. The maximum Gasteiger partial charge on any atom is 0.513 e. The summed E-state index contributed by atoms with van der Waals surface area (Å²) in [4.78, 5) is 33.3. The van der Waals surface area contributed by atoms with E-state index in [-0.39, 0.29) is 12.3 Å². The summed E-state index contributed by atoms with van der Waals surface area (Å²) in [5, 5.41) is 13.9. The van der Waals surface area contributed by atoms with Crippen molar-refractivity contribution in [3.63, 3.8) is 0 Å². The first-order valence-corrected chi connectivity index (χ1v) is 5.62. The minimum Gasteiger partial charge on any atom is -0.449 e. The van der Waals surface area contributed by atoms with Gasteiger partial charge in [-0.1, -0.05) is 18.2 Å². The van der Waals surface area contributed by atoms with Gasteiger partial charge in [-0.3, -0.25) is 9.59 Å². The Balaban J connectivity index is 2.10. The lowest BCUT2D eigenvalue weighted by atomic mass is 10.1. The Bertz CT molecular complexity index is 529. The second-order valence-corrected chi connectivity index (χ2v) is 4.02. The fraction of sp³-hybridized carbons (Fsp3) is 0.250. The van der Waals surface area contributed by atoms with Gasteiger partial charge in [0.1, 0.15) is 6.04 Å². The normalized spacial score (nSPS) is 17.5. The van der Waals surface area contributed by atoms with Crippen LogP contribution < -0.4 is 10.6 Å². The van der Waals surface area contributed by atoms with Crippen LogP contribution in [0, 0.1) is 0 Å². The number of carbonyl (C=O) groups is 3. The number of para-hydroxylation sites is 1. The smallest absolute Gasteiger partial charge is 0.449 e. The van der Waals surface area contributed by atoms with E-state index in [2.05, 4.69) is 15.4 Å². The van der Waals surface area contributed by atoms with E-state index in [1.165, 1.54) is 0 Å². The molecule has 0 saturated heterocycles. The summed E-state index contributed by atoms with van der Waals surface area (Å²) in [6.45, 7) is 0.354. The van der Waals surface area contributed by atoms with E-state index >= 15 is 0 Å². The predicted octanol–water partition coefficient (Wildman–Crippen LogP) is 0.708. The molecule has 1 aliphatic heterocycles. The third-order valence-corrected chi connectivity index (χ3v) is 2.69. The Morgan fingerprint density at radius 3 is 2.84 bits per heavy atom. The molecule has 1 aromatic carbocycles. The number of benzene rings is 1. The molecule has 1 heterocycles. The van der Waals surface area contributed by atoms with Gasteiger partial charge in [-0.15, -0.1) is 0 Å². The van der Waals surface area contributed by atoms with E-state index < -0.39 is 18.2 Å². The van der Waals surface area contributed by atoms with Crippen LogP contribution in [-0.4, -0.2) is 29.2 Å². The highest BCUT2D eigenvalue weighted by atomic mass is 16.7. The lowest BCUT2D eigenvalue weighted by Gasteiger charge is -2.14. The van der Waals surface area contributed by atoms with Gasteiger partial charge >= 0.3 is 12.1 Å². The third-order valence-electron chi connectivity index (χ3n) is 2.69. The maximum absolute atomic E-state index is 11.8. The van der Waals surface area contributed by atoms with Gasteiger partial charge in [-0.2, -0.15) is 0 Å². The number of ether oxygens (including phenoxy) is 1. The average molecular weight is 264 g/mol. The van der Waals surface area contributed by atoms with Crippen LogP contribution in [0.25, 0.3) is 0 Å². The Morgan fingerprint density at radius 1 is 1.37 bits per heavy atom. The SMILES string of the molecule is O=C(O)OC(=O)CC1Nc2ccccc2CNC1=O. The number of carbonyl (C=O) groups excluding carboxylic acids is 2. The first kappa shape index (κ1) is 12.9. The molecule has 3 N–H and O–H groups in total. The lowest BCUT2D eigenvalue weighted by Crippen LogP contribution is -2.39. The molecule has 1 aromatic rings. The fourth-order valence-corrected chi connectivity index (χ4v) is 1.82. The van der Waals surface area contributed by atoms with E-state index in [0.717, 1.165) is 11.3 Å². The Morgan fingerprint density at radius 2 is 2.11 bits per heavy atom. The van der Waals surface area contributed by atoms with E-state index in [4.69, 9.17) is 5.11 Å². The third kappa shape index (κ3) is 3.21. The molecule has 7 heteroatoms. The molecular formula is C12H12N2O5. The first-order valence-electron chi connectivity index (χ1n) is 5.62. The molecule has 1 amide bonds. The number of esters is 1. The van der Waals surface area contributed by atoms with Gasteiger partial charge < -0.3 is 20.5 Å². The van der Waals surface area contributed by atoms with Crippen molar-refractivity contribution >= 4 is 23.7 Å². The number of hydrogen-bond acceptors (Lipinski definition) is 5. The van der Waals surface area contributed by atoms with E-state index in [1.807, 2.05) is 12.1 Å². The zero-order valence-electron chi connectivity index (χ0n) is 9.88. The highest BCUT2D eigenvalue weighted by molar-refractivity contribution is 5.92. The summed E-state index contributed by atoms with van der Waals surface area (Å²) < 4.78 is 3.99. The second-order valence-electron chi connectivity index (χ2n) is 4.02. The number of hydrogen-bond donors (Lipinski definition) is 3. The monoisotopic (exact) mass is 264 g/mol. The molecule has 0 radical (unpaired) electrons. The van der Waals surface area contributed by atoms with E-state index in [1.54, 1.807) is 12.1 Å². The number of amides is 1. The van der Waals surface area contributed by atoms with Gasteiger partial charge in [0.15, 0.2) is 0 Å². The van der Waals surface area contributed by atoms with Crippen molar-refractivity contribution in [2.45, 2.75) is 19.0 Å². The summed E-state index contributed by atoms with van der Waals surface area (Å²) in [7, 11) is 0. The van der Waals surface area contributed by atoms with Crippen LogP contribution in [0.2, 0.25) is 0 Å². The average Bonchev–Trinajstić information content (AvgIpc) is 2.49. The minimum absolute atomic E-state index is 0.354. The number of carboxylic acid groups (broad SMARTS) is 1. The number of rotatable bonds is 2. The van der Waals surface area contributed by atoms with Crippen molar-refractivity contribution in [3.8, 4) is 0 Å². The highest BCUT2D eigenvalue weighted by Crippen LogP contribution is 2.19. The van der Waals surface area contributed by atoms with Gasteiger partial charge in [-0.05, 0) is 11.6 Å². The fourth-order valence-electron chi connectivity index (χ4n) is 1.82. The molecule has 0 aromatic heterocycles. The Labute approximate surface area is 108 Å². The van der Waals surface area contributed by atoms with Gasteiger partial charge in [0.2, 0.25) is 5.91 Å². The summed E-state index contributed by atoms with van der Waals surface area (Å²) in [5.41, 5.74) is 1.62. The number of nitrogens with one attached hydrogen (secondary N) is 2. The quantitative estimate of drug-likeness (QED) is 0.536. The Hall–Kier alpha value is -2.57. The van der Waals surface area contributed by atoms with Gasteiger partial charge in [0, 0.05) is 12.2 Å². The second kappa shape index (κ2) is 5.38. The van der Waals surface area contributed by atoms with Crippen LogP contribution in [0.4, 0.5) is 10.5 Å². The lowest BCUT2D eigenvalue weighted by molar-refractivity contribution is -0.141. The largest absolute Gasteiger partial charge is 0.513 e. The molecule has 7 nitrogen and oxygen atoms in total. The van der Waals surface area contributed by atoms with Crippen LogP contribution in [0.5, 0.6) is 0 Å². The topological polar surface area (TPSA) is 105 Å². The molecule has 1 atom stereocenters. The van der Waals surface area contributed by atoms with Crippen molar-refractivity contribution in [3.05, 3.63) is 29.8 Å². The summed E-state index contributed by atoms with van der Waals surface area (Å²) in [5.74, 6) is -1.35. The molecule has 19 heavy (non-hydrogen) atoms. The van der Waals surface area contributed by atoms with Crippen molar-refractivity contribution in [2.75, 3.05) is 5.32 Å². The van der Waals surface area contributed by atoms with Gasteiger partial charge in [-0.25, -0.2) is 4.79 Å². The first-order chi connectivity index (χ1) is 9.06. The van der Waals surface area contributed by atoms with E-state index in [9.17, 15) is 14.4 Å². The molecule has 0 aliphatic carbocycles. The molecule has 1 unspecified atom stereocenters. The molecule has 2 rings (SSSR count). The predicted molar refractivity (Wildman–Crippen MR) is 64.4 cm³/mol. The maximum atomic E-state index is 11.8. The standard InChI is InChI=1S/C12H12N2O5/c15-10(19-12(17)18)5-9-11(16)13-6-7-3-1-2-4-8(7)14-9/h1-4,9,14H,5-6H2,(H,13,16)(H,17,18). The molecule has 0 fully saturated rings. The molecule has 0 bridgehead atoms. The molecule has 100 valence electrons. The number of fused-ring (bicyclic) bond motifs is 1. The highest BCUT2D eigenvalue weighted by Gasteiger charge is 2.26. The van der Waals surface area contributed by atoms with Crippen LogP contribution in [0.1, 0.15) is 12.0 Å². The summed E-state index contributed by atoms with van der Waals surface area (Å²) in [6, 6.07) is 6.42. The minimum atomic E-state index is -1.68. The van der Waals surface area contributed by atoms with Crippen molar-refractivity contribution in [1.82, 2.24) is 5.32 Å². The Kier molecular flexibility index (Phi) is 3.65. The molecule has 0 saturated carbocycles. The van der Waals surface area contributed by atoms with Gasteiger partial charge in [0.25, 0.3) is 0 Å². The molecule has 1 aliphatic rings. The van der Waals surface area contributed by atoms with Crippen LogP contribution in [-0.2, 0) is 20.9 Å². The summed E-state index contributed by atoms with van der Waals surface area (Å²) >= 11 is 0. The van der Waals surface area contributed by atoms with Crippen molar-refractivity contribution in [1.29, 1.82) is 0 Å². The zero-order chi connectivity index (χ0) is 13.8. The van der Waals surface area contributed by atoms with Crippen LogP contribution in [0.15, 0.2) is 24.3 Å². The van der Waals surface area contributed by atoms with Gasteiger partial charge in [0.05, 0.1) is 6.42 Å². The summed E-state index contributed by atoms with van der Waals surface area (Å²) in [6.07, 6.45) is -2.04. The van der Waals surface area contributed by atoms with Crippen molar-refractivity contribution < 1.29 is 24.2 Å². The number of anilines is 1. The van der Waals surface area contributed by atoms with Crippen LogP contribution in [0.3, 0.4) is 0 Å².